The van der Waals surface area contributed by atoms with Crippen molar-refractivity contribution in [1.82, 2.24) is 14.7 Å². The zero-order valence-electron chi connectivity index (χ0n) is 15.3. The highest BCUT2D eigenvalue weighted by atomic mass is 16.5. The van der Waals surface area contributed by atoms with Gasteiger partial charge >= 0.3 is 0 Å². The molecule has 6 nitrogen and oxygen atoms in total. The van der Waals surface area contributed by atoms with E-state index in [1.165, 1.54) is 12.0 Å². The molecule has 3 fully saturated rings. The quantitative estimate of drug-likeness (QED) is 0.786. The number of aromatic nitrogens is 2. The van der Waals surface area contributed by atoms with Gasteiger partial charge < -0.3 is 14.2 Å². The fraction of sp³-hybridized carbons (Fsp3) is 0.842. The van der Waals surface area contributed by atoms with Gasteiger partial charge in [0.1, 0.15) is 0 Å². The first-order valence-corrected chi connectivity index (χ1v) is 9.80. The lowest BCUT2D eigenvalue weighted by Gasteiger charge is -2.36. The molecule has 1 aromatic heterocycles. The molecule has 3 atom stereocenters. The van der Waals surface area contributed by atoms with Crippen molar-refractivity contribution < 1.29 is 14.2 Å². The zero-order valence-corrected chi connectivity index (χ0v) is 15.3. The van der Waals surface area contributed by atoms with E-state index in [4.69, 9.17) is 14.2 Å². The minimum atomic E-state index is 0.277. The van der Waals surface area contributed by atoms with Gasteiger partial charge in [-0.2, -0.15) is 5.10 Å². The molecule has 0 aromatic carbocycles. The predicted molar refractivity (Wildman–Crippen MR) is 94.3 cm³/mol. The standard InChI is InChI=1S/C19H31N3O3/c1-21-11-16(10-20-21)12-22-7-4-19-18(22)3-2-17(25-19)14-24-13-15-5-8-23-9-6-15/h10-11,15,17-19H,2-9,12-14H2,1H3/t17-,18-,19-/m1/s1. The lowest BCUT2D eigenvalue weighted by Crippen LogP contribution is -2.43. The number of aryl methyl sites for hydroxylation is 1. The third-order valence-electron chi connectivity index (χ3n) is 5.89. The Bertz CT molecular complexity index is 544. The van der Waals surface area contributed by atoms with Crippen molar-refractivity contribution in [2.45, 2.75) is 56.9 Å². The number of hydrogen-bond donors (Lipinski definition) is 0. The van der Waals surface area contributed by atoms with E-state index in [9.17, 15) is 0 Å². The second-order valence-corrected chi connectivity index (χ2v) is 7.82. The van der Waals surface area contributed by atoms with Crippen LogP contribution in [0.2, 0.25) is 0 Å². The van der Waals surface area contributed by atoms with Crippen molar-refractivity contribution in [2.24, 2.45) is 13.0 Å². The molecule has 25 heavy (non-hydrogen) atoms. The number of rotatable bonds is 6. The fourth-order valence-electron chi connectivity index (χ4n) is 4.47. The van der Waals surface area contributed by atoms with Crippen LogP contribution in [0.5, 0.6) is 0 Å². The molecule has 140 valence electrons. The number of hydrogen-bond acceptors (Lipinski definition) is 5. The number of nitrogens with zero attached hydrogens (tertiary/aromatic N) is 3. The van der Waals surface area contributed by atoms with E-state index in [-0.39, 0.29) is 6.10 Å². The Morgan fingerprint density at radius 3 is 2.84 bits per heavy atom. The summed E-state index contributed by atoms with van der Waals surface area (Å²) in [5.41, 5.74) is 1.30. The van der Waals surface area contributed by atoms with E-state index in [2.05, 4.69) is 16.2 Å². The van der Waals surface area contributed by atoms with Crippen LogP contribution in [0.15, 0.2) is 12.4 Å². The van der Waals surface area contributed by atoms with Gasteiger partial charge in [-0.3, -0.25) is 9.58 Å². The van der Waals surface area contributed by atoms with Gasteiger partial charge in [-0.25, -0.2) is 0 Å². The van der Waals surface area contributed by atoms with Gasteiger partial charge in [0.2, 0.25) is 0 Å². The highest BCUT2D eigenvalue weighted by Gasteiger charge is 2.39. The van der Waals surface area contributed by atoms with Gasteiger partial charge in [-0.1, -0.05) is 0 Å². The lowest BCUT2D eigenvalue weighted by atomic mass is 9.99. The third-order valence-corrected chi connectivity index (χ3v) is 5.89. The molecule has 3 saturated heterocycles. The molecule has 3 aliphatic heterocycles. The molecule has 4 heterocycles. The Balaban J connectivity index is 1.20. The Morgan fingerprint density at radius 2 is 2.04 bits per heavy atom. The molecular weight excluding hydrogens is 318 g/mol. The maximum absolute atomic E-state index is 6.36. The molecule has 0 saturated carbocycles. The summed E-state index contributed by atoms with van der Waals surface area (Å²) in [5.74, 6) is 0.673. The first-order valence-electron chi connectivity index (χ1n) is 9.80. The van der Waals surface area contributed by atoms with E-state index >= 15 is 0 Å². The summed E-state index contributed by atoms with van der Waals surface area (Å²) in [4.78, 5) is 2.57. The van der Waals surface area contributed by atoms with Crippen molar-refractivity contribution in [1.29, 1.82) is 0 Å². The maximum atomic E-state index is 6.36. The van der Waals surface area contributed by atoms with Crippen molar-refractivity contribution in [2.75, 3.05) is 33.0 Å². The molecule has 1 aromatic rings. The molecule has 0 aliphatic carbocycles. The zero-order chi connectivity index (χ0) is 17.1. The fourth-order valence-corrected chi connectivity index (χ4v) is 4.47. The highest BCUT2D eigenvalue weighted by Crippen LogP contribution is 2.32. The van der Waals surface area contributed by atoms with Crippen LogP contribution in [0.1, 0.15) is 37.7 Å². The molecule has 0 radical (unpaired) electrons. The van der Waals surface area contributed by atoms with Crippen LogP contribution >= 0.6 is 0 Å². The van der Waals surface area contributed by atoms with Gasteiger partial charge in [-0.15, -0.1) is 0 Å². The van der Waals surface area contributed by atoms with Crippen LogP contribution in [0.4, 0.5) is 0 Å². The average Bonchev–Trinajstić information content (AvgIpc) is 3.22. The molecule has 0 bridgehead atoms. The first kappa shape index (κ1) is 17.5. The van der Waals surface area contributed by atoms with Crippen molar-refractivity contribution in [3.8, 4) is 0 Å². The second kappa shape index (κ2) is 8.16. The molecule has 0 unspecified atom stereocenters. The summed E-state index contributed by atoms with van der Waals surface area (Å²) in [5, 5.41) is 4.28. The van der Waals surface area contributed by atoms with Crippen LogP contribution in [0.25, 0.3) is 0 Å². The van der Waals surface area contributed by atoms with E-state index in [1.54, 1.807) is 0 Å². The van der Waals surface area contributed by atoms with Crippen LogP contribution in [-0.2, 0) is 27.8 Å². The smallest absolute Gasteiger partial charge is 0.0813 e. The number of likely N-dealkylation sites (tertiary alicyclic amines) is 1. The number of ether oxygens (including phenoxy) is 3. The van der Waals surface area contributed by atoms with Crippen molar-refractivity contribution in [3.05, 3.63) is 18.0 Å². The van der Waals surface area contributed by atoms with Gasteiger partial charge in [0, 0.05) is 57.8 Å². The molecule has 0 N–H and O–H groups in total. The monoisotopic (exact) mass is 349 g/mol. The topological polar surface area (TPSA) is 48.8 Å². The Kier molecular flexibility index (Phi) is 5.70. The highest BCUT2D eigenvalue weighted by molar-refractivity contribution is 5.05. The molecule has 0 spiro atoms. The Labute approximate surface area is 150 Å². The van der Waals surface area contributed by atoms with E-state index in [1.807, 2.05) is 17.9 Å². The van der Waals surface area contributed by atoms with Gasteiger partial charge in [0.25, 0.3) is 0 Å². The average molecular weight is 349 g/mol. The molecule has 0 amide bonds. The lowest BCUT2D eigenvalue weighted by molar-refractivity contribution is -0.105. The molecule has 3 aliphatic rings. The predicted octanol–water partition coefficient (Wildman–Crippen LogP) is 1.99. The minimum absolute atomic E-state index is 0.277. The minimum Gasteiger partial charge on any atom is -0.381 e. The summed E-state index contributed by atoms with van der Waals surface area (Å²) < 4.78 is 19.6. The van der Waals surface area contributed by atoms with E-state index in [0.29, 0.717) is 18.1 Å². The Morgan fingerprint density at radius 1 is 1.16 bits per heavy atom. The van der Waals surface area contributed by atoms with Crippen LogP contribution < -0.4 is 0 Å². The normalized spacial score (nSPS) is 31.3. The SMILES string of the molecule is Cn1cc(CN2CC[C@H]3O[C@@H](COCC4CCOCC4)CC[C@H]32)cn1. The third kappa shape index (κ3) is 4.42. The summed E-state index contributed by atoms with van der Waals surface area (Å²) in [6.45, 7) is 5.52. The summed E-state index contributed by atoms with van der Waals surface area (Å²) in [6.07, 6.45) is 10.5. The van der Waals surface area contributed by atoms with Crippen LogP contribution in [-0.4, -0.2) is 65.9 Å². The first-order chi connectivity index (χ1) is 12.3. The van der Waals surface area contributed by atoms with Crippen LogP contribution in [0, 0.1) is 5.92 Å². The maximum Gasteiger partial charge on any atom is 0.0813 e. The molecule has 6 heteroatoms. The van der Waals surface area contributed by atoms with Crippen molar-refractivity contribution in [3.63, 3.8) is 0 Å². The molecule has 4 rings (SSSR count). The van der Waals surface area contributed by atoms with Gasteiger partial charge in [-0.05, 0) is 38.0 Å². The second-order valence-electron chi connectivity index (χ2n) is 7.82. The number of fused-ring (bicyclic) bond motifs is 1. The van der Waals surface area contributed by atoms with Gasteiger partial charge in [0.15, 0.2) is 0 Å². The van der Waals surface area contributed by atoms with Crippen molar-refractivity contribution >= 4 is 0 Å². The summed E-state index contributed by atoms with van der Waals surface area (Å²) >= 11 is 0. The largest absolute Gasteiger partial charge is 0.381 e. The van der Waals surface area contributed by atoms with Gasteiger partial charge in [0.05, 0.1) is 25.0 Å². The summed E-state index contributed by atoms with van der Waals surface area (Å²) in [7, 11) is 1.98. The van der Waals surface area contributed by atoms with E-state index in [0.717, 1.165) is 65.2 Å². The summed E-state index contributed by atoms with van der Waals surface area (Å²) in [6, 6.07) is 0.562. The Hall–Kier alpha value is -0.950. The molecular formula is C19H31N3O3. The van der Waals surface area contributed by atoms with Crippen LogP contribution in [0.3, 0.4) is 0 Å². The van der Waals surface area contributed by atoms with E-state index < -0.39 is 0 Å².